The molecule has 88 valence electrons. The van der Waals surface area contributed by atoms with Gasteiger partial charge in [0.2, 0.25) is 0 Å². The van der Waals surface area contributed by atoms with E-state index in [2.05, 4.69) is 49.5 Å². The van der Waals surface area contributed by atoms with Crippen LogP contribution in [0.3, 0.4) is 0 Å². The Morgan fingerprint density at radius 3 is 2.44 bits per heavy atom. The minimum absolute atomic E-state index is 0.0608. The Kier molecular flexibility index (Phi) is 3.62. The maximum absolute atomic E-state index is 6.07. The van der Waals surface area contributed by atoms with E-state index in [1.54, 1.807) is 0 Å². The van der Waals surface area contributed by atoms with Crippen LogP contribution in [0.25, 0.3) is 0 Å². The fourth-order valence-electron chi connectivity index (χ4n) is 2.28. The lowest BCUT2D eigenvalue weighted by atomic mass is 9.93. The molecule has 2 rings (SSSR count). The molecule has 0 saturated carbocycles. The van der Waals surface area contributed by atoms with Crippen LogP contribution in [0.5, 0.6) is 0 Å². The molecule has 1 heterocycles. The van der Waals surface area contributed by atoms with Crippen LogP contribution in [0, 0.1) is 0 Å². The van der Waals surface area contributed by atoms with E-state index < -0.39 is 0 Å². The lowest BCUT2D eigenvalue weighted by molar-refractivity contribution is -0.0881. The topological polar surface area (TPSA) is 21.3 Å². The number of rotatable bonds is 3. The van der Waals surface area contributed by atoms with Gasteiger partial charge in [0.1, 0.15) is 0 Å². The van der Waals surface area contributed by atoms with Gasteiger partial charge < -0.3 is 10.1 Å². The molecule has 2 nitrogen and oxygen atoms in total. The smallest absolute Gasteiger partial charge is 0.0802 e. The quantitative estimate of drug-likeness (QED) is 0.844. The SMILES string of the molecule is CCC1(CC)CNC(c2ccccc2)CO1. The summed E-state index contributed by atoms with van der Waals surface area (Å²) in [5.74, 6) is 0. The highest BCUT2D eigenvalue weighted by atomic mass is 16.5. The third-order valence-electron chi connectivity index (χ3n) is 3.72. The van der Waals surface area contributed by atoms with Crippen LogP contribution in [0.15, 0.2) is 30.3 Å². The van der Waals surface area contributed by atoms with Crippen molar-refractivity contribution >= 4 is 0 Å². The molecule has 1 aromatic rings. The van der Waals surface area contributed by atoms with Gasteiger partial charge in [0.25, 0.3) is 0 Å². The number of hydrogen-bond donors (Lipinski definition) is 1. The number of benzene rings is 1. The predicted molar refractivity (Wildman–Crippen MR) is 66.5 cm³/mol. The molecule has 1 atom stereocenters. The Labute approximate surface area is 98.0 Å². The van der Waals surface area contributed by atoms with Gasteiger partial charge in [-0.1, -0.05) is 44.2 Å². The Balaban J connectivity index is 2.00. The molecule has 0 aliphatic carbocycles. The second-order valence-electron chi connectivity index (χ2n) is 4.55. The highest BCUT2D eigenvalue weighted by Crippen LogP contribution is 2.27. The lowest BCUT2D eigenvalue weighted by Crippen LogP contribution is -2.50. The minimum atomic E-state index is 0.0608. The van der Waals surface area contributed by atoms with Crippen molar-refractivity contribution in [2.75, 3.05) is 13.2 Å². The fourth-order valence-corrected chi connectivity index (χ4v) is 2.28. The molecule has 1 aromatic carbocycles. The molecule has 1 unspecified atom stereocenters. The standard InChI is InChI=1S/C14H21NO/c1-3-14(4-2)11-15-13(10-16-14)12-8-6-5-7-9-12/h5-9,13,15H,3-4,10-11H2,1-2H3. The largest absolute Gasteiger partial charge is 0.372 e. The maximum atomic E-state index is 6.07. The molecule has 1 N–H and O–H groups in total. The summed E-state index contributed by atoms with van der Waals surface area (Å²) >= 11 is 0. The fraction of sp³-hybridized carbons (Fsp3) is 0.571. The third kappa shape index (κ3) is 2.28. The zero-order valence-electron chi connectivity index (χ0n) is 10.2. The summed E-state index contributed by atoms with van der Waals surface area (Å²) < 4.78 is 6.07. The average molecular weight is 219 g/mol. The summed E-state index contributed by atoms with van der Waals surface area (Å²) in [6, 6.07) is 10.9. The van der Waals surface area contributed by atoms with Crippen LogP contribution in [-0.2, 0) is 4.74 Å². The highest BCUT2D eigenvalue weighted by molar-refractivity contribution is 5.19. The van der Waals surface area contributed by atoms with Gasteiger partial charge >= 0.3 is 0 Å². The molecule has 1 saturated heterocycles. The number of hydrogen-bond acceptors (Lipinski definition) is 2. The van der Waals surface area contributed by atoms with Gasteiger partial charge in [0.05, 0.1) is 18.2 Å². The van der Waals surface area contributed by atoms with E-state index in [-0.39, 0.29) is 5.60 Å². The zero-order chi connectivity index (χ0) is 11.4. The van der Waals surface area contributed by atoms with E-state index in [1.807, 2.05) is 0 Å². The first-order valence-electron chi connectivity index (χ1n) is 6.22. The van der Waals surface area contributed by atoms with Crippen molar-refractivity contribution in [3.63, 3.8) is 0 Å². The Bertz CT molecular complexity index is 309. The molecular weight excluding hydrogens is 198 g/mol. The van der Waals surface area contributed by atoms with E-state index in [0.717, 1.165) is 26.0 Å². The molecule has 16 heavy (non-hydrogen) atoms. The summed E-state index contributed by atoms with van der Waals surface area (Å²) in [7, 11) is 0. The molecule has 1 aliphatic rings. The summed E-state index contributed by atoms with van der Waals surface area (Å²) in [6.07, 6.45) is 2.16. The van der Waals surface area contributed by atoms with Crippen LogP contribution in [0.1, 0.15) is 38.3 Å². The van der Waals surface area contributed by atoms with E-state index in [0.29, 0.717) is 6.04 Å². The molecule has 0 aromatic heterocycles. The predicted octanol–water partition coefficient (Wildman–Crippen LogP) is 2.91. The van der Waals surface area contributed by atoms with Crippen LogP contribution < -0.4 is 5.32 Å². The number of ether oxygens (including phenoxy) is 1. The van der Waals surface area contributed by atoms with Gasteiger partial charge in [-0.3, -0.25) is 0 Å². The van der Waals surface area contributed by atoms with E-state index in [1.165, 1.54) is 5.56 Å². The number of morpholine rings is 1. The lowest BCUT2D eigenvalue weighted by Gasteiger charge is -2.40. The van der Waals surface area contributed by atoms with Crippen molar-refractivity contribution in [3.05, 3.63) is 35.9 Å². The van der Waals surface area contributed by atoms with Gasteiger partial charge in [-0.15, -0.1) is 0 Å². The monoisotopic (exact) mass is 219 g/mol. The van der Waals surface area contributed by atoms with E-state index in [9.17, 15) is 0 Å². The van der Waals surface area contributed by atoms with Crippen LogP contribution in [-0.4, -0.2) is 18.8 Å². The first-order valence-corrected chi connectivity index (χ1v) is 6.22. The second-order valence-corrected chi connectivity index (χ2v) is 4.55. The normalized spacial score (nSPS) is 24.2. The van der Waals surface area contributed by atoms with Crippen molar-refractivity contribution in [3.8, 4) is 0 Å². The van der Waals surface area contributed by atoms with Crippen molar-refractivity contribution < 1.29 is 4.74 Å². The first kappa shape index (κ1) is 11.6. The summed E-state index contributed by atoms with van der Waals surface area (Å²) in [4.78, 5) is 0. The third-order valence-corrected chi connectivity index (χ3v) is 3.72. The van der Waals surface area contributed by atoms with Crippen molar-refractivity contribution in [2.24, 2.45) is 0 Å². The van der Waals surface area contributed by atoms with Gasteiger partial charge in [-0.25, -0.2) is 0 Å². The highest BCUT2D eigenvalue weighted by Gasteiger charge is 2.33. The van der Waals surface area contributed by atoms with Crippen LogP contribution in [0.2, 0.25) is 0 Å². The molecule has 0 radical (unpaired) electrons. The molecule has 0 amide bonds. The van der Waals surface area contributed by atoms with E-state index in [4.69, 9.17) is 4.74 Å². The van der Waals surface area contributed by atoms with Crippen molar-refractivity contribution in [1.82, 2.24) is 5.32 Å². The Hall–Kier alpha value is -0.860. The summed E-state index contributed by atoms with van der Waals surface area (Å²) in [5, 5.41) is 3.60. The summed E-state index contributed by atoms with van der Waals surface area (Å²) in [6.45, 7) is 6.15. The van der Waals surface area contributed by atoms with Gasteiger partial charge in [0, 0.05) is 6.54 Å². The second kappa shape index (κ2) is 4.98. The zero-order valence-corrected chi connectivity index (χ0v) is 10.2. The molecule has 2 heteroatoms. The van der Waals surface area contributed by atoms with E-state index >= 15 is 0 Å². The van der Waals surface area contributed by atoms with Crippen LogP contribution >= 0.6 is 0 Å². The van der Waals surface area contributed by atoms with Gasteiger partial charge in [0.15, 0.2) is 0 Å². The number of nitrogens with one attached hydrogen (secondary N) is 1. The molecular formula is C14H21NO. The molecule has 1 fully saturated rings. The van der Waals surface area contributed by atoms with Crippen molar-refractivity contribution in [2.45, 2.75) is 38.3 Å². The maximum Gasteiger partial charge on any atom is 0.0802 e. The summed E-state index contributed by atoms with van der Waals surface area (Å²) in [5.41, 5.74) is 1.38. The molecule has 0 spiro atoms. The first-order chi connectivity index (χ1) is 7.79. The Morgan fingerprint density at radius 2 is 1.94 bits per heavy atom. The van der Waals surface area contributed by atoms with Gasteiger partial charge in [-0.05, 0) is 18.4 Å². The average Bonchev–Trinajstić information content (AvgIpc) is 2.40. The Morgan fingerprint density at radius 1 is 1.25 bits per heavy atom. The van der Waals surface area contributed by atoms with Crippen molar-refractivity contribution in [1.29, 1.82) is 0 Å². The van der Waals surface area contributed by atoms with Gasteiger partial charge in [-0.2, -0.15) is 0 Å². The minimum Gasteiger partial charge on any atom is -0.372 e. The molecule has 0 bridgehead atoms. The molecule has 1 aliphatic heterocycles. The van der Waals surface area contributed by atoms with Crippen LogP contribution in [0.4, 0.5) is 0 Å².